The number of aliphatic hydroxyl groups excluding tert-OH is 1. The Hall–Kier alpha value is -1.32. The minimum absolute atomic E-state index is 0.134. The Labute approximate surface area is 122 Å². The van der Waals surface area contributed by atoms with E-state index in [4.69, 9.17) is 5.11 Å². The third-order valence-electron chi connectivity index (χ3n) is 3.55. The van der Waals surface area contributed by atoms with Gasteiger partial charge in [0.2, 0.25) is 5.91 Å². The summed E-state index contributed by atoms with van der Waals surface area (Å²) in [4.78, 5) is 22.7. The van der Waals surface area contributed by atoms with E-state index in [0.717, 1.165) is 0 Å². The van der Waals surface area contributed by atoms with E-state index in [2.05, 4.69) is 55.4 Å². The summed E-state index contributed by atoms with van der Waals surface area (Å²) in [5, 5.41) is 11.2. The normalized spacial score (nSPS) is 12.9. The number of hydrogen-bond donors (Lipinski definition) is 2. The van der Waals surface area contributed by atoms with Gasteiger partial charge in [0, 0.05) is 6.42 Å². The van der Waals surface area contributed by atoms with E-state index in [9.17, 15) is 9.59 Å². The summed E-state index contributed by atoms with van der Waals surface area (Å²) in [6.45, 7) is 10.1. The molecule has 0 aromatic rings. The molecular formula is C14H25NO4Si. The van der Waals surface area contributed by atoms with E-state index in [1.807, 2.05) is 0 Å². The SMILES string of the molecule is COC(=O)[C@H](CC#C[Si](C)(C)C(C)(C)C)NC(=O)CO. The first-order valence-electron chi connectivity index (χ1n) is 6.53. The van der Waals surface area contributed by atoms with Crippen LogP contribution in [-0.2, 0) is 14.3 Å². The zero-order valence-corrected chi connectivity index (χ0v) is 14.2. The highest BCUT2D eigenvalue weighted by atomic mass is 28.3. The molecule has 0 aliphatic rings. The molecule has 0 radical (unpaired) electrons. The lowest BCUT2D eigenvalue weighted by molar-refractivity contribution is -0.145. The maximum atomic E-state index is 11.5. The molecule has 0 saturated carbocycles. The van der Waals surface area contributed by atoms with Gasteiger partial charge >= 0.3 is 5.97 Å². The molecule has 6 heteroatoms. The second-order valence-corrected chi connectivity index (χ2v) is 11.2. The predicted molar refractivity (Wildman–Crippen MR) is 80.6 cm³/mol. The van der Waals surface area contributed by atoms with E-state index < -0.39 is 32.6 Å². The number of nitrogens with one attached hydrogen (secondary N) is 1. The van der Waals surface area contributed by atoms with E-state index in [1.54, 1.807) is 0 Å². The van der Waals surface area contributed by atoms with Crippen molar-refractivity contribution < 1.29 is 19.4 Å². The fourth-order valence-corrected chi connectivity index (χ4v) is 2.06. The van der Waals surface area contributed by atoms with Gasteiger partial charge in [-0.15, -0.1) is 11.5 Å². The van der Waals surface area contributed by atoms with E-state index >= 15 is 0 Å². The number of ether oxygens (including phenoxy) is 1. The molecule has 2 N–H and O–H groups in total. The topological polar surface area (TPSA) is 75.6 Å². The molecule has 0 rings (SSSR count). The van der Waals surface area contributed by atoms with Crippen LogP contribution in [0.15, 0.2) is 0 Å². The first kappa shape index (κ1) is 18.7. The lowest BCUT2D eigenvalue weighted by atomic mass is 10.2. The van der Waals surface area contributed by atoms with Gasteiger partial charge in [-0.05, 0) is 5.04 Å². The predicted octanol–water partition coefficient (Wildman–Crippen LogP) is 1.08. The van der Waals surface area contributed by atoms with Gasteiger partial charge in [0.05, 0.1) is 7.11 Å². The second kappa shape index (κ2) is 7.46. The number of carbonyl (C=O) groups excluding carboxylic acids is 2. The number of rotatable bonds is 4. The molecule has 1 atom stereocenters. The van der Waals surface area contributed by atoms with Gasteiger partial charge in [0.25, 0.3) is 0 Å². The number of esters is 1. The molecule has 0 spiro atoms. The molecule has 1 amide bonds. The number of hydrogen-bond acceptors (Lipinski definition) is 4. The van der Waals surface area contributed by atoms with Gasteiger partial charge in [-0.25, -0.2) is 4.79 Å². The van der Waals surface area contributed by atoms with Gasteiger partial charge in [0.1, 0.15) is 20.7 Å². The zero-order chi connectivity index (χ0) is 16.0. The molecule has 0 fully saturated rings. The molecule has 114 valence electrons. The maximum absolute atomic E-state index is 11.5. The standard InChI is InChI=1S/C14H25NO4Si/c1-14(2,3)20(5,6)9-7-8-11(13(18)19-4)15-12(17)10-16/h11,16H,8,10H2,1-6H3,(H,15,17)/t11-/m0/s1. The highest BCUT2D eigenvalue weighted by molar-refractivity contribution is 6.87. The summed E-state index contributed by atoms with van der Waals surface area (Å²) >= 11 is 0. The van der Waals surface area contributed by atoms with Crippen LogP contribution >= 0.6 is 0 Å². The van der Waals surface area contributed by atoms with Crippen LogP contribution in [0.2, 0.25) is 18.1 Å². The van der Waals surface area contributed by atoms with Gasteiger partial charge in [-0.1, -0.05) is 33.9 Å². The Morgan fingerprint density at radius 3 is 2.30 bits per heavy atom. The lowest BCUT2D eigenvalue weighted by Gasteiger charge is -2.31. The van der Waals surface area contributed by atoms with Crippen molar-refractivity contribution in [2.24, 2.45) is 0 Å². The van der Waals surface area contributed by atoms with Crippen molar-refractivity contribution in [1.82, 2.24) is 5.32 Å². The molecule has 20 heavy (non-hydrogen) atoms. The summed E-state index contributed by atoms with van der Waals surface area (Å²) < 4.78 is 4.62. The molecule has 0 saturated heterocycles. The largest absolute Gasteiger partial charge is 0.467 e. The minimum Gasteiger partial charge on any atom is -0.467 e. The minimum atomic E-state index is -1.74. The van der Waals surface area contributed by atoms with Crippen molar-refractivity contribution in [3.63, 3.8) is 0 Å². The second-order valence-electron chi connectivity index (χ2n) is 6.18. The van der Waals surface area contributed by atoms with Gasteiger partial charge in [-0.3, -0.25) is 4.79 Å². The Kier molecular flexibility index (Phi) is 6.96. The van der Waals surface area contributed by atoms with Crippen LogP contribution in [0.25, 0.3) is 0 Å². The van der Waals surface area contributed by atoms with Crippen LogP contribution in [0, 0.1) is 11.5 Å². The van der Waals surface area contributed by atoms with Gasteiger partial charge < -0.3 is 15.2 Å². The average molecular weight is 299 g/mol. The van der Waals surface area contributed by atoms with Crippen LogP contribution in [0.5, 0.6) is 0 Å². The third-order valence-corrected chi connectivity index (χ3v) is 8.10. The van der Waals surface area contributed by atoms with Crippen molar-refractivity contribution in [2.75, 3.05) is 13.7 Å². The first-order chi connectivity index (χ1) is 9.05. The summed E-state index contributed by atoms with van der Waals surface area (Å²) in [5.74, 6) is 1.82. The molecule has 0 heterocycles. The third kappa shape index (κ3) is 5.76. The summed E-state index contributed by atoms with van der Waals surface area (Å²) in [5.41, 5.74) is 3.27. The van der Waals surface area contributed by atoms with Gasteiger partial charge in [0.15, 0.2) is 0 Å². The Bertz CT molecular complexity index is 415. The number of carbonyl (C=O) groups is 2. The summed E-state index contributed by atoms with van der Waals surface area (Å²) in [7, 11) is -0.489. The Morgan fingerprint density at radius 2 is 1.90 bits per heavy atom. The van der Waals surface area contributed by atoms with E-state index in [-0.39, 0.29) is 11.5 Å². The van der Waals surface area contributed by atoms with Crippen LogP contribution < -0.4 is 5.32 Å². The summed E-state index contributed by atoms with van der Waals surface area (Å²) in [6.07, 6.45) is 0.185. The highest BCUT2D eigenvalue weighted by Crippen LogP contribution is 2.35. The Morgan fingerprint density at radius 1 is 1.35 bits per heavy atom. The molecular weight excluding hydrogens is 274 g/mol. The molecule has 0 aromatic carbocycles. The Balaban J connectivity index is 4.87. The fourth-order valence-electron chi connectivity index (χ4n) is 1.14. The first-order valence-corrected chi connectivity index (χ1v) is 9.53. The van der Waals surface area contributed by atoms with E-state index in [1.165, 1.54) is 7.11 Å². The maximum Gasteiger partial charge on any atom is 0.329 e. The van der Waals surface area contributed by atoms with Crippen LogP contribution in [0.1, 0.15) is 27.2 Å². The average Bonchev–Trinajstić information content (AvgIpc) is 2.34. The number of amides is 1. The number of methoxy groups -OCH3 is 1. The highest BCUT2D eigenvalue weighted by Gasteiger charge is 2.33. The van der Waals surface area contributed by atoms with Crippen molar-refractivity contribution in [3.05, 3.63) is 0 Å². The van der Waals surface area contributed by atoms with Crippen LogP contribution in [0.4, 0.5) is 0 Å². The molecule has 0 unspecified atom stereocenters. The quantitative estimate of drug-likeness (QED) is 0.463. The molecule has 0 aliphatic carbocycles. The lowest BCUT2D eigenvalue weighted by Crippen LogP contribution is -2.42. The molecule has 0 bridgehead atoms. The van der Waals surface area contributed by atoms with Crippen molar-refractivity contribution in [1.29, 1.82) is 0 Å². The molecule has 5 nitrogen and oxygen atoms in total. The van der Waals surface area contributed by atoms with E-state index in [0.29, 0.717) is 0 Å². The summed E-state index contributed by atoms with van der Waals surface area (Å²) in [6, 6.07) is -0.836. The zero-order valence-electron chi connectivity index (χ0n) is 13.2. The van der Waals surface area contributed by atoms with Crippen LogP contribution in [-0.4, -0.2) is 44.8 Å². The van der Waals surface area contributed by atoms with Gasteiger partial charge in [-0.2, -0.15) is 0 Å². The van der Waals surface area contributed by atoms with Crippen molar-refractivity contribution >= 4 is 20.0 Å². The van der Waals surface area contributed by atoms with Crippen LogP contribution in [0.3, 0.4) is 0 Å². The smallest absolute Gasteiger partial charge is 0.329 e. The molecule has 0 aromatic heterocycles. The monoisotopic (exact) mass is 299 g/mol. The number of aliphatic hydroxyl groups is 1. The van der Waals surface area contributed by atoms with Crippen molar-refractivity contribution in [3.8, 4) is 11.5 Å². The molecule has 0 aliphatic heterocycles. The van der Waals surface area contributed by atoms with Crippen molar-refractivity contribution in [2.45, 2.75) is 51.4 Å². The fraction of sp³-hybridized carbons (Fsp3) is 0.714.